The zero-order chi connectivity index (χ0) is 52.4. The summed E-state index contributed by atoms with van der Waals surface area (Å²) in [5, 5.41) is 57.9. The molecule has 388 valence electrons. The van der Waals surface area contributed by atoms with Crippen molar-refractivity contribution in [2.45, 2.75) is 134 Å². The van der Waals surface area contributed by atoms with Gasteiger partial charge in [0.25, 0.3) is 0 Å². The molecule has 0 spiro atoms. The number of aliphatic hydroxyl groups excluding tert-OH is 1. The van der Waals surface area contributed by atoms with Gasteiger partial charge in [-0.3, -0.25) is 43.2 Å². The lowest BCUT2D eigenvalue weighted by molar-refractivity contribution is -0.143. The molecule has 0 aromatic heterocycles. The molecule has 25 heteroatoms. The average Bonchev–Trinajstić information content (AvgIpc) is 3.28. The number of benzene rings is 1. The fourth-order valence-electron chi connectivity index (χ4n) is 6.48. The van der Waals surface area contributed by atoms with Crippen LogP contribution in [0.25, 0.3) is 0 Å². The number of thioether (sulfide) groups is 1. The molecule has 0 aliphatic heterocycles. The van der Waals surface area contributed by atoms with E-state index in [4.69, 9.17) is 11.5 Å². The predicted octanol–water partition coefficient (Wildman–Crippen LogP) is -2.68. The molecule has 69 heavy (non-hydrogen) atoms. The van der Waals surface area contributed by atoms with E-state index in [1.807, 2.05) is 13.8 Å². The monoisotopic (exact) mass is 996 g/mol. The highest BCUT2D eigenvalue weighted by atomic mass is 32.2. The van der Waals surface area contributed by atoms with Gasteiger partial charge in [0.2, 0.25) is 47.3 Å². The van der Waals surface area contributed by atoms with E-state index in [1.54, 1.807) is 32.2 Å². The number of nitrogens with one attached hydrogen (secondary N) is 8. The molecule has 0 unspecified atom stereocenters. The maximum atomic E-state index is 13.7. The Balaban J connectivity index is 3.10. The van der Waals surface area contributed by atoms with Crippen LogP contribution in [0.2, 0.25) is 0 Å². The molecule has 0 bridgehead atoms. The van der Waals surface area contributed by atoms with Gasteiger partial charge in [-0.15, -0.1) is 0 Å². The first kappa shape index (κ1) is 61.0. The smallest absolute Gasteiger partial charge is 0.326 e. The molecule has 24 nitrogen and oxygen atoms in total. The number of aliphatic hydroxyl groups is 1. The minimum Gasteiger partial charge on any atom is -0.508 e. The third-order valence-corrected chi connectivity index (χ3v) is 11.1. The van der Waals surface area contributed by atoms with Crippen molar-refractivity contribution in [3.63, 3.8) is 0 Å². The zero-order valence-electron chi connectivity index (χ0n) is 40.0. The van der Waals surface area contributed by atoms with Crippen molar-refractivity contribution < 1.29 is 68.4 Å². The maximum absolute atomic E-state index is 13.7. The molecule has 1 rings (SSSR count). The highest BCUT2D eigenvalue weighted by Gasteiger charge is 2.33. The number of nitrogens with two attached hydrogens (primary N) is 2. The summed E-state index contributed by atoms with van der Waals surface area (Å²) in [4.78, 5) is 129. The number of carbonyl (C=O) groups is 10. The topological polar surface area (TPSA) is 400 Å². The van der Waals surface area contributed by atoms with Crippen molar-refractivity contribution in [3.8, 4) is 5.75 Å². The van der Waals surface area contributed by atoms with Crippen molar-refractivity contribution >= 4 is 71.0 Å². The molecule has 0 saturated carbocycles. The average molecular weight is 997 g/mol. The molecule has 1 aromatic carbocycles. The number of aliphatic carboxylic acids is 2. The number of hydrogen-bond donors (Lipinski definition) is 14. The Morgan fingerprint density at radius 2 is 1.17 bits per heavy atom. The Morgan fingerprint density at radius 3 is 1.71 bits per heavy atom. The molecule has 0 saturated heterocycles. The number of carbonyl (C=O) groups excluding carboxylic acids is 8. The first-order chi connectivity index (χ1) is 32.4. The summed E-state index contributed by atoms with van der Waals surface area (Å²) in [5.41, 5.74) is 12.4. The lowest BCUT2D eigenvalue weighted by atomic mass is 10.0. The molecule has 8 amide bonds. The molecule has 0 aliphatic rings. The van der Waals surface area contributed by atoms with Crippen LogP contribution in [0, 0.1) is 11.8 Å². The van der Waals surface area contributed by atoms with Crippen LogP contribution in [0.15, 0.2) is 24.3 Å². The summed E-state index contributed by atoms with van der Waals surface area (Å²) in [5.74, 6) is -9.66. The van der Waals surface area contributed by atoms with Crippen molar-refractivity contribution in [2.75, 3.05) is 31.7 Å². The molecule has 8 atom stereocenters. The largest absolute Gasteiger partial charge is 0.508 e. The van der Waals surface area contributed by atoms with Crippen molar-refractivity contribution in [1.82, 2.24) is 42.5 Å². The predicted molar refractivity (Wildman–Crippen MR) is 254 cm³/mol. The number of carboxylic acid groups (broad SMARTS) is 2. The van der Waals surface area contributed by atoms with Crippen LogP contribution in [0.1, 0.15) is 85.1 Å². The molecular weight excluding hydrogens is 925 g/mol. The van der Waals surface area contributed by atoms with Gasteiger partial charge in [-0.2, -0.15) is 11.8 Å². The number of unbranched alkanes of at least 4 members (excludes halogenated alkanes) is 1. The summed E-state index contributed by atoms with van der Waals surface area (Å²) in [6.45, 7) is 6.61. The van der Waals surface area contributed by atoms with Gasteiger partial charge in [-0.1, -0.05) is 39.8 Å². The Kier molecular flexibility index (Phi) is 28.2. The van der Waals surface area contributed by atoms with E-state index in [-0.39, 0.29) is 50.3 Å². The number of phenolic OH excluding ortho intramolecular Hbond substituents is 1. The van der Waals surface area contributed by atoms with E-state index in [0.717, 1.165) is 0 Å². The van der Waals surface area contributed by atoms with Gasteiger partial charge in [0.1, 0.15) is 48.0 Å². The van der Waals surface area contributed by atoms with Crippen LogP contribution in [-0.4, -0.2) is 160 Å². The summed E-state index contributed by atoms with van der Waals surface area (Å²) >= 11 is 1.37. The Bertz CT molecular complexity index is 1890. The first-order valence-corrected chi connectivity index (χ1v) is 24.0. The van der Waals surface area contributed by atoms with Gasteiger partial charge < -0.3 is 74.4 Å². The number of phenols is 1. The Labute approximate surface area is 405 Å². The van der Waals surface area contributed by atoms with Gasteiger partial charge in [0.05, 0.1) is 19.2 Å². The second-order valence-electron chi connectivity index (χ2n) is 17.2. The van der Waals surface area contributed by atoms with Gasteiger partial charge in [-0.25, -0.2) is 4.79 Å². The van der Waals surface area contributed by atoms with E-state index in [2.05, 4.69) is 42.5 Å². The number of carboxylic acids is 2. The van der Waals surface area contributed by atoms with Crippen LogP contribution in [-0.2, 0) is 54.4 Å². The second-order valence-corrected chi connectivity index (χ2v) is 18.2. The maximum Gasteiger partial charge on any atom is 0.326 e. The molecular formula is C44H72N10O14S. The SMILES string of the molecule is CSCC[C@H](NC(=O)CNC(=O)[C@H](CCC(=O)O)NC(=O)[C@H](CCCCN)NC(=O)[C@H](CO)NC(=O)[C@H](C)NC(=O)[C@H](CC(C)C)NC(=O)[C@@H](N)Cc1ccc(O)cc1)C(=O)N[C@H](C(=O)O)C(C)C. The van der Waals surface area contributed by atoms with E-state index >= 15 is 0 Å². The summed E-state index contributed by atoms with van der Waals surface area (Å²) in [7, 11) is 0. The number of amides is 8. The standard InChI is InChI=1S/C44H72N10O14S/c1-23(2)19-32(52-38(61)28(46)20-26-10-12-27(56)13-11-26)42(65)48-25(5)37(60)53-33(22-55)43(66)50-29(9-7-8-17-45)40(63)51-30(14-15-35(58)59)39(62)47-21-34(57)49-31(16-18-69-6)41(64)54-36(24(3)4)44(67)68/h10-13,23-25,28-33,36,55-56H,7-9,14-22,45-46H2,1-6H3,(H,47,62)(H,48,65)(H,49,57)(H,50,66)(H,51,63)(H,52,61)(H,53,60)(H,54,64)(H,58,59)(H,67,68)/t25-,28-,29-,30-,31-,32-,33-,36-/m0/s1. The highest BCUT2D eigenvalue weighted by molar-refractivity contribution is 7.98. The molecule has 0 fully saturated rings. The Morgan fingerprint density at radius 1 is 0.638 bits per heavy atom. The molecule has 0 aliphatic carbocycles. The van der Waals surface area contributed by atoms with E-state index in [9.17, 15) is 68.4 Å². The Hall–Kier alpha value is -6.05. The van der Waals surface area contributed by atoms with Crippen LogP contribution in [0.3, 0.4) is 0 Å². The number of hydrogen-bond acceptors (Lipinski definition) is 15. The summed E-state index contributed by atoms with van der Waals surface area (Å²) < 4.78 is 0. The number of rotatable bonds is 33. The van der Waals surface area contributed by atoms with Crippen LogP contribution in [0.5, 0.6) is 5.75 Å². The minimum atomic E-state index is -1.67. The lowest BCUT2D eigenvalue weighted by Gasteiger charge is -2.26. The van der Waals surface area contributed by atoms with E-state index in [0.29, 0.717) is 17.7 Å². The molecule has 0 heterocycles. The van der Waals surface area contributed by atoms with Gasteiger partial charge in [-0.05, 0) is 100.0 Å². The highest BCUT2D eigenvalue weighted by Crippen LogP contribution is 2.13. The fraction of sp³-hybridized carbons (Fsp3) is 0.636. The van der Waals surface area contributed by atoms with Crippen LogP contribution >= 0.6 is 11.8 Å². The normalized spacial score (nSPS) is 14.6. The lowest BCUT2D eigenvalue weighted by Crippen LogP contribution is -2.60. The van der Waals surface area contributed by atoms with Crippen molar-refractivity contribution in [2.24, 2.45) is 23.3 Å². The van der Waals surface area contributed by atoms with Crippen molar-refractivity contribution in [1.29, 1.82) is 0 Å². The molecule has 0 radical (unpaired) electrons. The molecule has 16 N–H and O–H groups in total. The van der Waals surface area contributed by atoms with Gasteiger partial charge in [0, 0.05) is 6.42 Å². The van der Waals surface area contributed by atoms with Crippen LogP contribution in [0.4, 0.5) is 0 Å². The summed E-state index contributed by atoms with van der Waals surface area (Å²) in [6, 6.07) is -4.49. The van der Waals surface area contributed by atoms with Crippen LogP contribution < -0.4 is 54.0 Å². The minimum absolute atomic E-state index is 0.0341. The third kappa shape index (κ3) is 23.7. The van der Waals surface area contributed by atoms with E-state index in [1.165, 1.54) is 30.8 Å². The zero-order valence-corrected chi connectivity index (χ0v) is 40.8. The first-order valence-electron chi connectivity index (χ1n) is 22.6. The fourth-order valence-corrected chi connectivity index (χ4v) is 6.95. The second kappa shape index (κ2) is 31.9. The quantitative estimate of drug-likeness (QED) is 0.0319. The number of aromatic hydroxyl groups is 1. The van der Waals surface area contributed by atoms with E-state index < -0.39 is 139 Å². The van der Waals surface area contributed by atoms with Crippen molar-refractivity contribution in [3.05, 3.63) is 29.8 Å². The third-order valence-electron chi connectivity index (χ3n) is 10.4. The van der Waals surface area contributed by atoms with Gasteiger partial charge >= 0.3 is 11.9 Å². The molecule has 1 aromatic rings. The summed E-state index contributed by atoms with van der Waals surface area (Å²) in [6.07, 6.45) is 1.66. The van der Waals surface area contributed by atoms with Gasteiger partial charge in [0.15, 0.2) is 0 Å².